The molecular formula is C74H90F6N6O2. The Labute approximate surface area is 518 Å². The van der Waals surface area contributed by atoms with E-state index in [2.05, 4.69) is 164 Å². The Morgan fingerprint density at radius 3 is 1.19 bits per heavy atom. The molecule has 4 aliphatic heterocycles. The fraction of sp³-hybridized carbons (Fsp3) is 0.459. The molecule has 0 unspecified atom stereocenters. The first-order chi connectivity index (χ1) is 41.8. The highest BCUT2D eigenvalue weighted by Crippen LogP contribution is 2.44. The number of piperidine rings is 2. The Morgan fingerprint density at radius 2 is 0.795 bits per heavy atom. The zero-order valence-electron chi connectivity index (χ0n) is 51.5. The van der Waals surface area contributed by atoms with Crippen LogP contribution in [0.2, 0.25) is 0 Å². The van der Waals surface area contributed by atoms with Crippen LogP contribution < -0.4 is 9.47 Å². The number of likely N-dealkylation sites (tertiary alicyclic amines) is 4. The molecule has 4 aliphatic rings. The molecule has 0 atom stereocenters. The topological polar surface area (TPSA) is 41.3 Å². The van der Waals surface area contributed by atoms with Gasteiger partial charge < -0.3 is 18.6 Å². The minimum Gasteiger partial charge on any atom is -0.406 e. The van der Waals surface area contributed by atoms with E-state index in [0.717, 1.165) is 150 Å². The normalized spacial score (nSPS) is 17.4. The molecular weight excluding hydrogens is 1120 g/mol. The number of aromatic nitrogens is 2. The molecule has 0 aliphatic carbocycles. The first-order valence-electron chi connectivity index (χ1n) is 31.7. The van der Waals surface area contributed by atoms with Gasteiger partial charge in [0.15, 0.2) is 0 Å². The lowest BCUT2D eigenvalue weighted by atomic mass is 9.77. The molecule has 6 heterocycles. The molecule has 8 aromatic rings. The summed E-state index contributed by atoms with van der Waals surface area (Å²) in [6.07, 6.45) is 6.79. The summed E-state index contributed by atoms with van der Waals surface area (Å²) in [5.74, 6) is -0.397. The van der Waals surface area contributed by atoms with E-state index in [1.54, 1.807) is 24.3 Å². The third-order valence-electron chi connectivity index (χ3n) is 19.1. The fourth-order valence-electron chi connectivity index (χ4n) is 14.6. The Bertz CT molecular complexity index is 3570. The Balaban J connectivity index is 0.000000192. The zero-order chi connectivity index (χ0) is 60.9. The van der Waals surface area contributed by atoms with Crippen LogP contribution in [0.3, 0.4) is 0 Å². The second-order valence-corrected chi connectivity index (χ2v) is 26.0. The van der Waals surface area contributed by atoms with Crippen molar-refractivity contribution in [2.24, 2.45) is 10.8 Å². The largest absolute Gasteiger partial charge is 0.573 e. The molecule has 88 heavy (non-hydrogen) atoms. The highest BCUT2D eigenvalue weighted by atomic mass is 19.4. The lowest BCUT2D eigenvalue weighted by Gasteiger charge is -2.39. The zero-order valence-corrected chi connectivity index (χ0v) is 51.5. The summed E-state index contributed by atoms with van der Waals surface area (Å²) in [7, 11) is 0. The molecule has 0 radical (unpaired) electrons. The molecule has 470 valence electrons. The maximum atomic E-state index is 12.7. The molecule has 2 spiro atoms. The van der Waals surface area contributed by atoms with Crippen molar-refractivity contribution in [1.29, 1.82) is 0 Å². The molecule has 4 saturated heterocycles. The number of fused-ring (bicyclic) bond motifs is 2. The van der Waals surface area contributed by atoms with Crippen molar-refractivity contribution in [1.82, 2.24) is 28.7 Å². The molecule has 0 N–H and O–H groups in total. The second-order valence-electron chi connectivity index (χ2n) is 26.0. The summed E-state index contributed by atoms with van der Waals surface area (Å²) < 4.78 is 89.0. The van der Waals surface area contributed by atoms with Gasteiger partial charge in [0.05, 0.1) is 0 Å². The van der Waals surface area contributed by atoms with E-state index in [1.165, 1.54) is 113 Å². The number of nitrogens with zero attached hydrogens (tertiary/aromatic N) is 6. The predicted molar refractivity (Wildman–Crippen MR) is 345 cm³/mol. The first kappa shape index (κ1) is 64.4. The molecule has 8 nitrogen and oxygen atoms in total. The van der Waals surface area contributed by atoms with E-state index in [-0.39, 0.29) is 18.9 Å². The van der Waals surface area contributed by atoms with E-state index >= 15 is 0 Å². The maximum Gasteiger partial charge on any atom is 0.573 e. The van der Waals surface area contributed by atoms with Crippen molar-refractivity contribution in [3.05, 3.63) is 179 Å². The molecule has 0 bridgehead atoms. The number of rotatable bonds is 18. The highest BCUT2D eigenvalue weighted by Gasteiger charge is 2.42. The van der Waals surface area contributed by atoms with Gasteiger partial charge >= 0.3 is 12.7 Å². The van der Waals surface area contributed by atoms with Crippen molar-refractivity contribution >= 4 is 21.8 Å². The average Bonchev–Trinajstić information content (AvgIpc) is 1.86. The number of halogens is 6. The SMILES string of the molecule is C.CCCCn1cc(-c2ccc(OC(F)(F)F)cc2)c2cc(CN3CCC4(CCN(Cc5cc(C)cc(C)c5)CC4)C3)ccc21.CCCCn1cc(-c2ccc(OC(F)(F)F)cc2)c2cc(CN3CCC4(CCN(Cc5cccc(C)c5)CC4)C3)ccc21. The summed E-state index contributed by atoms with van der Waals surface area (Å²) in [5, 5.41) is 2.30. The lowest BCUT2D eigenvalue weighted by Crippen LogP contribution is -2.41. The molecule has 0 amide bonds. The van der Waals surface area contributed by atoms with Crippen molar-refractivity contribution in [3.8, 4) is 33.8 Å². The number of aryl methyl sites for hydroxylation is 5. The lowest BCUT2D eigenvalue weighted by molar-refractivity contribution is -0.275. The van der Waals surface area contributed by atoms with Gasteiger partial charge in [0.1, 0.15) is 11.5 Å². The van der Waals surface area contributed by atoms with Crippen LogP contribution in [0, 0.1) is 31.6 Å². The summed E-state index contributed by atoms with van der Waals surface area (Å²) in [4.78, 5) is 10.5. The number of benzene rings is 6. The molecule has 0 saturated carbocycles. The van der Waals surface area contributed by atoms with Crippen LogP contribution in [0.1, 0.15) is 124 Å². The summed E-state index contributed by atoms with van der Waals surface area (Å²) in [6.45, 7) is 25.8. The van der Waals surface area contributed by atoms with Crippen LogP contribution >= 0.6 is 0 Å². The third kappa shape index (κ3) is 16.2. The number of unbranched alkanes of at least 4 members (excludes halogenated alkanes) is 2. The van der Waals surface area contributed by atoms with Crippen LogP contribution in [0.25, 0.3) is 44.1 Å². The predicted octanol–water partition coefficient (Wildman–Crippen LogP) is 18.6. The first-order valence-corrected chi connectivity index (χ1v) is 31.7. The van der Waals surface area contributed by atoms with Crippen molar-refractivity contribution in [2.45, 2.75) is 158 Å². The summed E-state index contributed by atoms with van der Waals surface area (Å²) in [6, 6.07) is 41.8. The maximum absolute atomic E-state index is 12.7. The van der Waals surface area contributed by atoms with Gasteiger partial charge in [-0.25, -0.2) is 0 Å². The van der Waals surface area contributed by atoms with Crippen molar-refractivity contribution in [3.63, 3.8) is 0 Å². The van der Waals surface area contributed by atoms with Gasteiger partial charge in [0, 0.05) is 97.7 Å². The molecule has 14 heteroatoms. The van der Waals surface area contributed by atoms with E-state index in [0.29, 0.717) is 10.8 Å². The van der Waals surface area contributed by atoms with Crippen LogP contribution in [-0.4, -0.2) is 93.8 Å². The molecule has 2 aromatic heterocycles. The molecule has 12 rings (SSSR count). The van der Waals surface area contributed by atoms with Gasteiger partial charge in [0.25, 0.3) is 0 Å². The average molecular weight is 1210 g/mol. The van der Waals surface area contributed by atoms with E-state index in [4.69, 9.17) is 0 Å². The van der Waals surface area contributed by atoms with E-state index in [9.17, 15) is 26.3 Å². The van der Waals surface area contributed by atoms with Gasteiger partial charge in [-0.2, -0.15) is 0 Å². The van der Waals surface area contributed by atoms with Gasteiger partial charge in [-0.1, -0.05) is 130 Å². The second kappa shape index (κ2) is 27.7. The monoisotopic (exact) mass is 1210 g/mol. The minimum absolute atomic E-state index is 0. The van der Waals surface area contributed by atoms with Gasteiger partial charge in [0.2, 0.25) is 0 Å². The van der Waals surface area contributed by atoms with Crippen LogP contribution in [-0.2, 0) is 39.3 Å². The van der Waals surface area contributed by atoms with Crippen LogP contribution in [0.5, 0.6) is 11.5 Å². The smallest absolute Gasteiger partial charge is 0.406 e. The quantitative estimate of drug-likeness (QED) is 0.0798. The standard InChI is InChI=1S/C37H44F3N3O.C36H42F3N3O.CH4/c1-4-5-15-43-25-34(31-7-9-32(10-8-31)44-37(38,39)40)33-22-29(6-11-35(33)43)23-42-18-14-36(26-42)12-16-41(17-13-36)24-30-20-27(2)19-28(3)21-30;1-3-4-17-42-25-33(30-9-11-31(12-10-30)43-36(37,38)39)32-22-29(8-13-34(32)42)24-41-20-16-35(26-41)14-18-40(19-15-35)23-28-7-5-6-27(2)21-28;/h6-11,19-22,25H,4-5,12-18,23-24,26H2,1-3H3;5-13,21-22,25H,3-4,14-20,23-24,26H2,1-2H3;1H4. The van der Waals surface area contributed by atoms with E-state index in [1.807, 2.05) is 0 Å². The molecule has 6 aromatic carbocycles. The number of hydrogen-bond acceptors (Lipinski definition) is 6. The minimum atomic E-state index is -4.70. The fourth-order valence-corrected chi connectivity index (χ4v) is 14.6. The summed E-state index contributed by atoms with van der Waals surface area (Å²) >= 11 is 0. The van der Waals surface area contributed by atoms with Crippen molar-refractivity contribution in [2.75, 3.05) is 52.4 Å². The number of ether oxygens (including phenoxy) is 2. The van der Waals surface area contributed by atoms with Crippen LogP contribution in [0.4, 0.5) is 26.3 Å². The Hall–Kier alpha value is -6.58. The van der Waals surface area contributed by atoms with Gasteiger partial charge in [-0.3, -0.25) is 19.6 Å². The van der Waals surface area contributed by atoms with Gasteiger partial charge in [-0.15, -0.1) is 26.3 Å². The number of hydrogen-bond donors (Lipinski definition) is 0. The van der Waals surface area contributed by atoms with Gasteiger partial charge in [-0.05, 0) is 204 Å². The third-order valence-corrected chi connectivity index (χ3v) is 19.1. The van der Waals surface area contributed by atoms with E-state index < -0.39 is 12.7 Å². The Kier molecular flexibility index (Phi) is 20.2. The molecule has 4 fully saturated rings. The Morgan fingerprint density at radius 1 is 0.420 bits per heavy atom. The highest BCUT2D eigenvalue weighted by molar-refractivity contribution is 5.97. The summed E-state index contributed by atoms with van der Waals surface area (Å²) in [5.41, 5.74) is 16.5. The van der Waals surface area contributed by atoms with Crippen LogP contribution in [0.15, 0.2) is 140 Å². The number of alkyl halides is 6. The van der Waals surface area contributed by atoms with Crippen molar-refractivity contribution < 1.29 is 35.8 Å².